The Labute approximate surface area is 154 Å². The SMILES string of the molecule is C[C@@H](Sc1nnc(Cc2cccs2)n1C1CC1)c1nc(C2CC2)no1. The summed E-state index contributed by atoms with van der Waals surface area (Å²) in [6.07, 6.45) is 5.64. The first-order valence-corrected chi connectivity index (χ1v) is 10.5. The van der Waals surface area contributed by atoms with Crippen LogP contribution in [-0.2, 0) is 6.42 Å². The number of aromatic nitrogens is 5. The Morgan fingerprint density at radius 3 is 2.92 bits per heavy atom. The maximum atomic E-state index is 5.47. The molecule has 0 unspecified atom stereocenters. The van der Waals surface area contributed by atoms with Crippen LogP contribution in [0.15, 0.2) is 27.2 Å². The summed E-state index contributed by atoms with van der Waals surface area (Å²) in [5, 5.41) is 16.2. The minimum absolute atomic E-state index is 0.0799. The van der Waals surface area contributed by atoms with E-state index in [-0.39, 0.29) is 5.25 Å². The number of rotatable bonds is 7. The summed E-state index contributed by atoms with van der Waals surface area (Å²) in [5.74, 6) is 3.13. The van der Waals surface area contributed by atoms with Gasteiger partial charge in [-0.05, 0) is 44.1 Å². The van der Waals surface area contributed by atoms with Crippen LogP contribution in [0, 0.1) is 0 Å². The van der Waals surface area contributed by atoms with Crippen molar-refractivity contribution >= 4 is 23.1 Å². The molecular weight excluding hydrogens is 354 g/mol. The van der Waals surface area contributed by atoms with Gasteiger partial charge in [0.25, 0.3) is 0 Å². The second-order valence-electron chi connectivity index (χ2n) is 6.78. The van der Waals surface area contributed by atoms with E-state index in [0.29, 0.717) is 17.9 Å². The normalized spacial score (nSPS) is 18.6. The third kappa shape index (κ3) is 3.25. The Bertz CT molecular complexity index is 864. The van der Waals surface area contributed by atoms with E-state index in [1.54, 1.807) is 23.1 Å². The molecule has 0 aromatic carbocycles. The van der Waals surface area contributed by atoms with Gasteiger partial charge in [0.05, 0.1) is 5.25 Å². The predicted octanol–water partition coefficient (Wildman–Crippen LogP) is 4.38. The van der Waals surface area contributed by atoms with Crippen LogP contribution in [0.3, 0.4) is 0 Å². The van der Waals surface area contributed by atoms with Gasteiger partial charge in [0.15, 0.2) is 11.0 Å². The first kappa shape index (κ1) is 15.6. The fraction of sp³-hybridized carbons (Fsp3) is 0.529. The van der Waals surface area contributed by atoms with E-state index in [4.69, 9.17) is 4.52 Å². The fourth-order valence-electron chi connectivity index (χ4n) is 2.91. The molecule has 0 aliphatic heterocycles. The minimum Gasteiger partial charge on any atom is -0.338 e. The van der Waals surface area contributed by atoms with Gasteiger partial charge in [-0.3, -0.25) is 0 Å². The summed E-state index contributed by atoms with van der Waals surface area (Å²) in [7, 11) is 0. The average molecular weight is 374 g/mol. The lowest BCUT2D eigenvalue weighted by atomic mass is 10.3. The highest BCUT2D eigenvalue weighted by molar-refractivity contribution is 7.99. The molecule has 1 atom stereocenters. The molecule has 6 nitrogen and oxygen atoms in total. The molecular formula is C17H19N5OS2. The van der Waals surface area contributed by atoms with Gasteiger partial charge < -0.3 is 9.09 Å². The summed E-state index contributed by atoms with van der Waals surface area (Å²) < 4.78 is 7.79. The Hall–Kier alpha value is -1.67. The quantitative estimate of drug-likeness (QED) is 0.573. The van der Waals surface area contributed by atoms with E-state index in [9.17, 15) is 0 Å². The molecule has 3 aromatic rings. The highest BCUT2D eigenvalue weighted by atomic mass is 32.2. The summed E-state index contributed by atoms with van der Waals surface area (Å²) >= 11 is 3.44. The molecule has 2 fully saturated rings. The van der Waals surface area contributed by atoms with Crippen molar-refractivity contribution in [3.63, 3.8) is 0 Å². The molecule has 0 saturated heterocycles. The molecule has 3 aromatic heterocycles. The molecule has 2 saturated carbocycles. The molecule has 2 aliphatic rings. The molecule has 0 amide bonds. The van der Waals surface area contributed by atoms with Gasteiger partial charge in [0.2, 0.25) is 5.89 Å². The molecule has 5 rings (SSSR count). The van der Waals surface area contributed by atoms with Crippen LogP contribution in [0.5, 0.6) is 0 Å². The third-order valence-electron chi connectivity index (χ3n) is 4.59. The summed E-state index contributed by atoms with van der Waals surface area (Å²) in [6, 6.07) is 4.79. The summed E-state index contributed by atoms with van der Waals surface area (Å²) in [6.45, 7) is 2.10. The molecule has 130 valence electrons. The minimum atomic E-state index is 0.0799. The zero-order valence-electron chi connectivity index (χ0n) is 14.0. The van der Waals surface area contributed by atoms with Gasteiger partial charge in [-0.2, -0.15) is 4.98 Å². The highest BCUT2D eigenvalue weighted by Crippen LogP contribution is 2.43. The lowest BCUT2D eigenvalue weighted by Crippen LogP contribution is -2.04. The monoisotopic (exact) mass is 373 g/mol. The van der Waals surface area contributed by atoms with E-state index in [2.05, 4.69) is 49.3 Å². The second-order valence-corrected chi connectivity index (χ2v) is 9.12. The molecule has 2 aliphatic carbocycles. The molecule has 3 heterocycles. The van der Waals surface area contributed by atoms with Crippen molar-refractivity contribution in [3.8, 4) is 0 Å². The Morgan fingerprint density at radius 1 is 1.32 bits per heavy atom. The second kappa shape index (κ2) is 6.25. The van der Waals surface area contributed by atoms with Crippen LogP contribution >= 0.6 is 23.1 Å². The van der Waals surface area contributed by atoms with Crippen molar-refractivity contribution in [3.05, 3.63) is 39.9 Å². The Balaban J connectivity index is 1.36. The van der Waals surface area contributed by atoms with E-state index in [1.165, 1.54) is 30.6 Å². The standard InChI is InChI=1S/C17H19N5OS2/c1-10(16-18-15(21-23-16)11-4-5-11)25-17-20-19-14(22(17)12-6-7-12)9-13-3-2-8-24-13/h2-3,8,10-12H,4-7,9H2,1H3/t10-/m1/s1. The van der Waals surface area contributed by atoms with E-state index < -0.39 is 0 Å². The zero-order valence-corrected chi connectivity index (χ0v) is 15.6. The van der Waals surface area contributed by atoms with Crippen molar-refractivity contribution in [2.24, 2.45) is 0 Å². The number of hydrogen-bond acceptors (Lipinski definition) is 7. The number of nitrogens with zero attached hydrogens (tertiary/aromatic N) is 5. The van der Waals surface area contributed by atoms with Crippen molar-refractivity contribution in [2.75, 3.05) is 0 Å². The average Bonchev–Trinajstić information content (AvgIpc) is 3.49. The van der Waals surface area contributed by atoms with Gasteiger partial charge in [0, 0.05) is 23.3 Å². The number of hydrogen-bond donors (Lipinski definition) is 0. The van der Waals surface area contributed by atoms with Crippen molar-refractivity contribution in [1.82, 2.24) is 24.9 Å². The maximum absolute atomic E-state index is 5.47. The van der Waals surface area contributed by atoms with Crippen LogP contribution in [0.25, 0.3) is 0 Å². The van der Waals surface area contributed by atoms with Gasteiger partial charge in [-0.15, -0.1) is 21.5 Å². The summed E-state index contributed by atoms with van der Waals surface area (Å²) in [5.41, 5.74) is 0. The van der Waals surface area contributed by atoms with Crippen LogP contribution in [-0.4, -0.2) is 24.9 Å². The Morgan fingerprint density at radius 2 is 2.20 bits per heavy atom. The van der Waals surface area contributed by atoms with E-state index in [0.717, 1.165) is 23.2 Å². The van der Waals surface area contributed by atoms with Crippen LogP contribution in [0.1, 0.15) is 72.2 Å². The first-order chi connectivity index (χ1) is 12.3. The highest BCUT2D eigenvalue weighted by Gasteiger charge is 2.32. The lowest BCUT2D eigenvalue weighted by molar-refractivity contribution is 0.374. The van der Waals surface area contributed by atoms with Crippen molar-refractivity contribution in [2.45, 2.75) is 61.4 Å². The number of thioether (sulfide) groups is 1. The molecule has 0 spiro atoms. The van der Waals surface area contributed by atoms with Gasteiger partial charge in [-0.1, -0.05) is 23.0 Å². The van der Waals surface area contributed by atoms with Gasteiger partial charge in [-0.25, -0.2) is 0 Å². The van der Waals surface area contributed by atoms with Crippen molar-refractivity contribution < 1.29 is 4.52 Å². The largest absolute Gasteiger partial charge is 0.338 e. The summed E-state index contributed by atoms with van der Waals surface area (Å²) in [4.78, 5) is 5.90. The zero-order chi connectivity index (χ0) is 16.8. The van der Waals surface area contributed by atoms with E-state index in [1.807, 2.05) is 0 Å². The van der Waals surface area contributed by atoms with Crippen LogP contribution in [0.2, 0.25) is 0 Å². The molecule has 0 bridgehead atoms. The van der Waals surface area contributed by atoms with Gasteiger partial charge >= 0.3 is 0 Å². The molecule has 8 heteroatoms. The lowest BCUT2D eigenvalue weighted by Gasteiger charge is -2.10. The van der Waals surface area contributed by atoms with Crippen molar-refractivity contribution in [1.29, 1.82) is 0 Å². The van der Waals surface area contributed by atoms with Crippen LogP contribution < -0.4 is 0 Å². The molecule has 0 radical (unpaired) electrons. The maximum Gasteiger partial charge on any atom is 0.239 e. The van der Waals surface area contributed by atoms with Gasteiger partial charge in [0.1, 0.15) is 5.82 Å². The number of thiophene rings is 1. The molecule has 25 heavy (non-hydrogen) atoms. The van der Waals surface area contributed by atoms with E-state index >= 15 is 0 Å². The smallest absolute Gasteiger partial charge is 0.239 e. The fourth-order valence-corrected chi connectivity index (χ4v) is 4.58. The first-order valence-electron chi connectivity index (χ1n) is 8.74. The third-order valence-corrected chi connectivity index (χ3v) is 6.51. The Kier molecular flexibility index (Phi) is 3.89. The molecule has 0 N–H and O–H groups in total. The topological polar surface area (TPSA) is 69.6 Å². The van der Waals surface area contributed by atoms with Crippen LogP contribution in [0.4, 0.5) is 0 Å². The predicted molar refractivity (Wildman–Crippen MR) is 96.0 cm³/mol.